The second-order valence-corrected chi connectivity index (χ2v) is 14.9. The Bertz CT molecular complexity index is 3260. The van der Waals surface area contributed by atoms with Gasteiger partial charge in [-0.2, -0.15) is 0 Å². The molecule has 1 aromatic heterocycles. The highest BCUT2D eigenvalue weighted by Gasteiger charge is 2.17. The van der Waals surface area contributed by atoms with Crippen LogP contribution in [0.15, 0.2) is 229 Å². The van der Waals surface area contributed by atoms with E-state index >= 15 is 0 Å². The molecule has 0 unspecified atom stereocenters. The largest absolute Gasteiger partial charge is 0.456 e. The zero-order valence-electron chi connectivity index (χ0n) is 31.7. The molecule has 0 bridgehead atoms. The van der Waals surface area contributed by atoms with Crippen LogP contribution in [-0.2, 0) is 0 Å². The molecule has 0 aliphatic heterocycles. The summed E-state index contributed by atoms with van der Waals surface area (Å²) in [5.41, 5.74) is 14.6. The third kappa shape index (κ3) is 6.00. The van der Waals surface area contributed by atoms with Crippen LogP contribution in [0.4, 0.5) is 17.1 Å². The Morgan fingerprint density at radius 2 is 0.776 bits per heavy atom. The van der Waals surface area contributed by atoms with Gasteiger partial charge in [0, 0.05) is 33.9 Å². The number of hydrogen-bond donors (Lipinski definition) is 0. The first-order valence-corrected chi connectivity index (χ1v) is 19.8. The van der Waals surface area contributed by atoms with Gasteiger partial charge in [0.25, 0.3) is 0 Å². The van der Waals surface area contributed by atoms with Gasteiger partial charge in [-0.1, -0.05) is 164 Å². The summed E-state index contributed by atoms with van der Waals surface area (Å²) in [4.78, 5) is 2.32. The number of benzene rings is 10. The van der Waals surface area contributed by atoms with Crippen molar-refractivity contribution in [1.29, 1.82) is 0 Å². The van der Waals surface area contributed by atoms with E-state index in [9.17, 15) is 0 Å². The van der Waals surface area contributed by atoms with Crippen LogP contribution in [0.1, 0.15) is 0 Å². The van der Waals surface area contributed by atoms with Crippen molar-refractivity contribution in [2.24, 2.45) is 0 Å². The van der Waals surface area contributed by atoms with Gasteiger partial charge in [-0.3, -0.25) is 0 Å². The van der Waals surface area contributed by atoms with Gasteiger partial charge < -0.3 is 9.32 Å². The van der Waals surface area contributed by atoms with Crippen LogP contribution in [0, 0.1) is 0 Å². The van der Waals surface area contributed by atoms with Crippen molar-refractivity contribution in [1.82, 2.24) is 0 Å². The zero-order chi connectivity index (χ0) is 38.4. The summed E-state index contributed by atoms with van der Waals surface area (Å²) in [6, 6.07) is 80.7. The summed E-state index contributed by atoms with van der Waals surface area (Å²) in [6.45, 7) is 0. The Kier molecular flexibility index (Phi) is 8.19. The summed E-state index contributed by atoms with van der Waals surface area (Å²) in [5, 5.41) is 7.20. The molecule has 0 atom stereocenters. The highest BCUT2D eigenvalue weighted by atomic mass is 16.3. The molecule has 0 amide bonds. The first-order chi connectivity index (χ1) is 28.7. The van der Waals surface area contributed by atoms with E-state index < -0.39 is 0 Å². The fraction of sp³-hybridized carbons (Fsp3) is 0. The van der Waals surface area contributed by atoms with Crippen molar-refractivity contribution in [3.05, 3.63) is 224 Å². The van der Waals surface area contributed by atoms with Crippen molar-refractivity contribution in [3.63, 3.8) is 0 Å². The van der Waals surface area contributed by atoms with E-state index in [-0.39, 0.29) is 0 Å². The number of furan rings is 1. The fourth-order valence-corrected chi connectivity index (χ4v) is 8.56. The van der Waals surface area contributed by atoms with Gasteiger partial charge in [0.1, 0.15) is 11.2 Å². The second kappa shape index (κ2) is 14.1. The third-order valence-corrected chi connectivity index (χ3v) is 11.5. The molecule has 0 radical (unpaired) electrons. The Morgan fingerprint density at radius 3 is 1.52 bits per heavy atom. The lowest BCUT2D eigenvalue weighted by Crippen LogP contribution is -2.09. The number of anilines is 3. The van der Waals surface area contributed by atoms with Crippen molar-refractivity contribution in [3.8, 4) is 44.5 Å². The predicted molar refractivity (Wildman–Crippen MR) is 245 cm³/mol. The highest BCUT2D eigenvalue weighted by molar-refractivity contribution is 6.06. The second-order valence-electron chi connectivity index (χ2n) is 14.9. The van der Waals surface area contributed by atoms with Crippen LogP contribution >= 0.6 is 0 Å². The molecule has 10 aromatic carbocycles. The minimum absolute atomic E-state index is 0.868. The number of fused-ring (bicyclic) bond motifs is 5. The summed E-state index contributed by atoms with van der Waals surface area (Å²) >= 11 is 0. The van der Waals surface area contributed by atoms with Crippen LogP contribution in [0.2, 0.25) is 0 Å². The van der Waals surface area contributed by atoms with E-state index in [0.717, 1.165) is 39.0 Å². The first kappa shape index (κ1) is 33.6. The Morgan fingerprint density at radius 1 is 0.259 bits per heavy atom. The molecule has 272 valence electrons. The third-order valence-electron chi connectivity index (χ3n) is 11.5. The van der Waals surface area contributed by atoms with Crippen LogP contribution in [0.25, 0.3) is 88.0 Å². The first-order valence-electron chi connectivity index (χ1n) is 19.8. The standard InChI is InChI=1S/C56H37NO/c1-2-11-38(12-3-1)42-21-23-45-36-43(22-24-44(45)35-42)39-25-29-46(30-26-39)57(48-33-34-54-53-18-8-9-20-55(53)58-56(54)37-48)47-31-27-41(28-32-47)50-16-6-7-17-51(50)52-19-10-14-40-13-4-5-15-49(40)52/h1-37H. The molecule has 0 aliphatic rings. The Labute approximate surface area is 337 Å². The molecule has 0 fully saturated rings. The van der Waals surface area contributed by atoms with Crippen molar-refractivity contribution < 1.29 is 4.42 Å². The lowest BCUT2D eigenvalue weighted by molar-refractivity contribution is 0.669. The lowest BCUT2D eigenvalue weighted by atomic mass is 9.91. The van der Waals surface area contributed by atoms with Crippen LogP contribution < -0.4 is 4.90 Å². The molecule has 0 aliphatic carbocycles. The predicted octanol–water partition coefficient (Wildman–Crippen LogP) is 16.0. The molecule has 11 rings (SSSR count). The zero-order valence-corrected chi connectivity index (χ0v) is 31.7. The smallest absolute Gasteiger partial charge is 0.137 e. The van der Waals surface area contributed by atoms with Crippen LogP contribution in [0.3, 0.4) is 0 Å². The van der Waals surface area contributed by atoms with E-state index in [1.54, 1.807) is 0 Å². The Hall–Kier alpha value is -7.68. The van der Waals surface area contributed by atoms with Crippen molar-refractivity contribution >= 4 is 60.5 Å². The van der Waals surface area contributed by atoms with Crippen LogP contribution in [0.5, 0.6) is 0 Å². The summed E-state index contributed by atoms with van der Waals surface area (Å²) in [7, 11) is 0. The normalized spacial score (nSPS) is 11.4. The minimum atomic E-state index is 0.868. The van der Waals surface area contributed by atoms with Crippen molar-refractivity contribution in [2.45, 2.75) is 0 Å². The SMILES string of the molecule is c1ccc(-c2ccc3cc(-c4ccc(N(c5ccc(-c6ccccc6-c6cccc7ccccc67)cc5)c5ccc6c(c5)oc5ccccc56)cc4)ccc3c2)cc1. The molecule has 11 aromatic rings. The molecular formula is C56H37NO. The molecule has 2 nitrogen and oxygen atoms in total. The number of hydrogen-bond acceptors (Lipinski definition) is 2. The maximum atomic E-state index is 6.40. The van der Waals surface area contributed by atoms with Gasteiger partial charge in [0.05, 0.1) is 0 Å². The van der Waals surface area contributed by atoms with Gasteiger partial charge in [-0.15, -0.1) is 0 Å². The maximum absolute atomic E-state index is 6.40. The average molecular weight is 740 g/mol. The van der Waals surface area contributed by atoms with E-state index in [2.05, 4.69) is 217 Å². The lowest BCUT2D eigenvalue weighted by Gasteiger charge is -2.26. The number of para-hydroxylation sites is 1. The molecule has 1 heterocycles. The molecule has 2 heteroatoms. The molecule has 0 saturated heterocycles. The molecule has 58 heavy (non-hydrogen) atoms. The van der Waals surface area contributed by atoms with Gasteiger partial charge in [-0.25, -0.2) is 0 Å². The highest BCUT2D eigenvalue weighted by Crippen LogP contribution is 2.42. The minimum Gasteiger partial charge on any atom is -0.456 e. The van der Waals surface area contributed by atoms with Crippen LogP contribution in [-0.4, -0.2) is 0 Å². The van der Waals surface area contributed by atoms with Crippen molar-refractivity contribution in [2.75, 3.05) is 4.90 Å². The maximum Gasteiger partial charge on any atom is 0.137 e. The molecule has 0 saturated carbocycles. The number of nitrogens with zero attached hydrogens (tertiary/aromatic N) is 1. The van der Waals surface area contributed by atoms with Gasteiger partial charge in [0.15, 0.2) is 0 Å². The molecular weight excluding hydrogens is 703 g/mol. The molecule has 0 spiro atoms. The number of rotatable bonds is 7. The monoisotopic (exact) mass is 739 g/mol. The van der Waals surface area contributed by atoms with E-state index in [1.165, 1.54) is 66.1 Å². The Balaban J connectivity index is 0.975. The topological polar surface area (TPSA) is 16.4 Å². The van der Waals surface area contributed by atoms with Gasteiger partial charge in [-0.05, 0) is 121 Å². The quantitative estimate of drug-likeness (QED) is 0.162. The van der Waals surface area contributed by atoms with E-state index in [1.807, 2.05) is 12.1 Å². The fourth-order valence-electron chi connectivity index (χ4n) is 8.56. The van der Waals surface area contributed by atoms with Gasteiger partial charge >= 0.3 is 0 Å². The average Bonchev–Trinajstić information content (AvgIpc) is 3.67. The van der Waals surface area contributed by atoms with E-state index in [4.69, 9.17) is 4.42 Å². The molecule has 0 N–H and O–H groups in total. The van der Waals surface area contributed by atoms with E-state index in [0.29, 0.717) is 0 Å². The summed E-state index contributed by atoms with van der Waals surface area (Å²) in [6.07, 6.45) is 0. The summed E-state index contributed by atoms with van der Waals surface area (Å²) < 4.78 is 6.40. The summed E-state index contributed by atoms with van der Waals surface area (Å²) in [5.74, 6) is 0. The van der Waals surface area contributed by atoms with Gasteiger partial charge in [0.2, 0.25) is 0 Å².